The molecule has 0 fully saturated rings. The highest BCUT2D eigenvalue weighted by Gasteiger charge is 2.50. The second kappa shape index (κ2) is 12.3. The van der Waals surface area contributed by atoms with Gasteiger partial charge in [-0.25, -0.2) is 0 Å². The molecule has 0 aliphatic heterocycles. The summed E-state index contributed by atoms with van der Waals surface area (Å²) < 4.78 is 93.5. The molecule has 0 spiro atoms. The van der Waals surface area contributed by atoms with Crippen molar-refractivity contribution in [2.24, 2.45) is 0 Å². The zero-order chi connectivity index (χ0) is 31.6. The summed E-state index contributed by atoms with van der Waals surface area (Å²) in [5.74, 6) is -0.0154. The monoisotopic (exact) mass is 640 g/mol. The van der Waals surface area contributed by atoms with E-state index in [1.807, 2.05) is 81.4 Å². The largest absolute Gasteiger partial charge is 0.534 e. The zero-order valence-electron chi connectivity index (χ0n) is 24.7. The number of hydrogen-bond acceptors (Lipinski definition) is 7. The third-order valence-corrected chi connectivity index (χ3v) is 12.1. The lowest BCUT2D eigenvalue weighted by molar-refractivity contribution is -0.0509. The standard InChI is InChI=1S/C31H35F3O7S2/c1-30(2,3)42(22-13-9-7-10-14-22,23-15-11-8-12-16-23)40-21-17-18-24-25(20-27(37-4)29(39-6)28(24)38-5)26(19-21)41-43(35,36)31(32,33)34/h7-16,19-21H,17-18H2,1-6H3. The minimum absolute atomic E-state index is 0.0594. The minimum Gasteiger partial charge on any atom is -0.493 e. The highest BCUT2D eigenvalue weighted by atomic mass is 32.3. The van der Waals surface area contributed by atoms with Crippen LogP contribution >= 0.6 is 10.3 Å². The maximum atomic E-state index is 13.6. The lowest BCUT2D eigenvalue weighted by Gasteiger charge is -2.51. The van der Waals surface area contributed by atoms with E-state index in [0.29, 0.717) is 5.56 Å². The fraction of sp³-hybridized carbons (Fsp3) is 0.355. The van der Waals surface area contributed by atoms with Crippen molar-refractivity contribution in [1.29, 1.82) is 0 Å². The van der Waals surface area contributed by atoms with Crippen LogP contribution in [0.25, 0.3) is 5.76 Å². The van der Waals surface area contributed by atoms with Gasteiger partial charge in [0.2, 0.25) is 5.75 Å². The van der Waals surface area contributed by atoms with Crippen molar-refractivity contribution in [2.45, 2.75) is 59.8 Å². The molecule has 7 nitrogen and oxygen atoms in total. The predicted octanol–water partition coefficient (Wildman–Crippen LogP) is 7.89. The Labute approximate surface area is 252 Å². The molecule has 43 heavy (non-hydrogen) atoms. The number of rotatable bonds is 9. The number of alkyl halides is 3. The maximum Gasteiger partial charge on any atom is 0.534 e. The van der Waals surface area contributed by atoms with E-state index in [4.69, 9.17) is 22.6 Å². The molecule has 0 heterocycles. The van der Waals surface area contributed by atoms with Gasteiger partial charge in [-0.15, -0.1) is 0 Å². The number of benzene rings is 3. The topological polar surface area (TPSA) is 80.3 Å². The highest BCUT2D eigenvalue weighted by molar-refractivity contribution is 8.31. The second-order valence-corrected chi connectivity index (χ2v) is 15.7. The molecule has 1 unspecified atom stereocenters. The molecule has 4 rings (SSSR count). The number of fused-ring (bicyclic) bond motifs is 1. The van der Waals surface area contributed by atoms with E-state index >= 15 is 0 Å². The molecule has 1 aliphatic carbocycles. The van der Waals surface area contributed by atoms with Gasteiger partial charge in [0.15, 0.2) is 11.5 Å². The second-order valence-electron chi connectivity index (χ2n) is 10.7. The summed E-state index contributed by atoms with van der Waals surface area (Å²) in [6.07, 6.45) is 0.937. The van der Waals surface area contributed by atoms with Crippen molar-refractivity contribution in [3.8, 4) is 17.2 Å². The van der Waals surface area contributed by atoms with Crippen molar-refractivity contribution < 1.29 is 44.2 Å². The van der Waals surface area contributed by atoms with Crippen LogP contribution in [0.3, 0.4) is 0 Å². The van der Waals surface area contributed by atoms with E-state index in [-0.39, 0.29) is 35.7 Å². The first kappa shape index (κ1) is 32.6. The molecule has 0 radical (unpaired) electrons. The SMILES string of the molecule is COc1cc2c(c(OC)c1OC)CCC(OS(c1ccccc1)(c1ccccc1)C(C)(C)C)C=C2OS(=O)(=O)C(F)(F)F. The average molecular weight is 641 g/mol. The maximum absolute atomic E-state index is 13.6. The van der Waals surface area contributed by atoms with E-state index < -0.39 is 42.5 Å². The highest BCUT2D eigenvalue weighted by Crippen LogP contribution is 2.72. The van der Waals surface area contributed by atoms with Gasteiger partial charge in [-0.3, -0.25) is 0 Å². The van der Waals surface area contributed by atoms with Gasteiger partial charge in [-0.05, 0) is 70.0 Å². The zero-order valence-corrected chi connectivity index (χ0v) is 26.4. The molecule has 0 aromatic heterocycles. The first-order valence-corrected chi connectivity index (χ1v) is 16.3. The fourth-order valence-electron chi connectivity index (χ4n) is 5.13. The quantitative estimate of drug-likeness (QED) is 0.174. The summed E-state index contributed by atoms with van der Waals surface area (Å²) >= 11 is 0. The third-order valence-electron chi connectivity index (χ3n) is 6.98. The van der Waals surface area contributed by atoms with E-state index in [2.05, 4.69) is 0 Å². The van der Waals surface area contributed by atoms with Gasteiger partial charge in [-0.2, -0.15) is 21.6 Å². The summed E-state index contributed by atoms with van der Waals surface area (Å²) in [5, 5.41) is 0. The van der Waals surface area contributed by atoms with Crippen LogP contribution in [0.1, 0.15) is 38.3 Å². The van der Waals surface area contributed by atoms with Gasteiger partial charge < -0.3 is 22.6 Å². The lowest BCUT2D eigenvalue weighted by Crippen LogP contribution is -2.31. The molecule has 3 aromatic rings. The number of methoxy groups -OCH3 is 3. The number of hydrogen-bond donors (Lipinski definition) is 0. The molecule has 3 aromatic carbocycles. The fourth-order valence-corrected chi connectivity index (χ4v) is 9.41. The Hall–Kier alpha value is -3.35. The Morgan fingerprint density at radius 3 is 1.77 bits per heavy atom. The van der Waals surface area contributed by atoms with Crippen molar-refractivity contribution in [1.82, 2.24) is 0 Å². The van der Waals surface area contributed by atoms with Crippen LogP contribution < -0.4 is 14.2 Å². The molecule has 0 saturated carbocycles. The first-order valence-electron chi connectivity index (χ1n) is 13.4. The molecule has 0 amide bonds. The van der Waals surface area contributed by atoms with Crippen LogP contribution in [0.5, 0.6) is 17.2 Å². The van der Waals surface area contributed by atoms with Crippen LogP contribution in [0, 0.1) is 0 Å². The van der Waals surface area contributed by atoms with Crippen molar-refractivity contribution in [3.05, 3.63) is 83.9 Å². The van der Waals surface area contributed by atoms with Crippen LogP contribution in [0.4, 0.5) is 13.2 Å². The van der Waals surface area contributed by atoms with Gasteiger partial charge in [0.1, 0.15) is 5.76 Å². The summed E-state index contributed by atoms with van der Waals surface area (Å²) in [6, 6.07) is 20.7. The Morgan fingerprint density at radius 1 is 0.791 bits per heavy atom. The van der Waals surface area contributed by atoms with Crippen LogP contribution in [-0.4, -0.2) is 46.1 Å². The molecule has 234 valence electrons. The molecule has 12 heteroatoms. The Morgan fingerprint density at radius 2 is 1.33 bits per heavy atom. The number of ether oxygens (including phenoxy) is 3. The van der Waals surface area contributed by atoms with Crippen LogP contribution in [0.15, 0.2) is 82.6 Å². The van der Waals surface area contributed by atoms with E-state index in [9.17, 15) is 21.6 Å². The molecule has 0 bridgehead atoms. The van der Waals surface area contributed by atoms with Crippen molar-refractivity contribution in [2.75, 3.05) is 21.3 Å². The Kier molecular flexibility index (Phi) is 9.34. The Bertz CT molecular complexity index is 1530. The molecule has 0 saturated heterocycles. The van der Waals surface area contributed by atoms with E-state index in [0.717, 1.165) is 9.79 Å². The summed E-state index contributed by atoms with van der Waals surface area (Å²) in [6.45, 7) is 6.13. The molecule has 0 N–H and O–H groups in total. The van der Waals surface area contributed by atoms with Gasteiger partial charge in [0, 0.05) is 25.7 Å². The van der Waals surface area contributed by atoms with Gasteiger partial charge in [0.25, 0.3) is 0 Å². The summed E-state index contributed by atoms with van der Waals surface area (Å²) in [5.41, 5.74) is -5.21. The lowest BCUT2D eigenvalue weighted by atomic mass is 10.0. The summed E-state index contributed by atoms with van der Waals surface area (Å²) in [7, 11) is -4.27. The van der Waals surface area contributed by atoms with E-state index in [1.165, 1.54) is 33.5 Å². The smallest absolute Gasteiger partial charge is 0.493 e. The number of halogens is 3. The van der Waals surface area contributed by atoms with Crippen LogP contribution in [-0.2, 0) is 24.9 Å². The van der Waals surface area contributed by atoms with Gasteiger partial charge in [-0.1, -0.05) is 46.7 Å². The van der Waals surface area contributed by atoms with Gasteiger partial charge >= 0.3 is 15.6 Å². The molecule has 1 aliphatic rings. The predicted molar refractivity (Wildman–Crippen MR) is 160 cm³/mol. The molecule has 1 atom stereocenters. The molecular weight excluding hydrogens is 605 g/mol. The molecular formula is C31H35F3O7S2. The Balaban J connectivity index is 1.97. The van der Waals surface area contributed by atoms with Gasteiger partial charge in [0.05, 0.1) is 27.4 Å². The minimum atomic E-state index is -6.04. The third kappa shape index (κ3) is 6.18. The first-order chi connectivity index (χ1) is 20.2. The summed E-state index contributed by atoms with van der Waals surface area (Å²) in [4.78, 5) is 1.80. The van der Waals surface area contributed by atoms with Crippen molar-refractivity contribution >= 4 is 26.2 Å². The van der Waals surface area contributed by atoms with Crippen molar-refractivity contribution in [3.63, 3.8) is 0 Å². The normalized spacial score (nSPS) is 16.4. The average Bonchev–Trinajstić information content (AvgIpc) is 3.12. The van der Waals surface area contributed by atoms with E-state index in [1.54, 1.807) is 0 Å². The van der Waals surface area contributed by atoms with Crippen LogP contribution in [0.2, 0.25) is 0 Å².